The predicted molar refractivity (Wildman–Crippen MR) is 275 cm³/mol. The van der Waals surface area contributed by atoms with Gasteiger partial charge in [-0.3, -0.25) is 34.7 Å². The van der Waals surface area contributed by atoms with Gasteiger partial charge in [-0.15, -0.1) is 33.1 Å². The number of aliphatic hydroxyl groups excluding tert-OH is 3. The molecule has 2 aromatic rings. The number of alkyl halides is 1. The molecule has 18 nitrogen and oxygen atoms in total. The van der Waals surface area contributed by atoms with Crippen molar-refractivity contribution in [2.75, 3.05) is 85.8 Å². The van der Waals surface area contributed by atoms with E-state index in [1.807, 2.05) is 44.4 Å². The number of rotatable bonds is 23. The number of carbonyl (C=O) groups is 2. The van der Waals surface area contributed by atoms with Gasteiger partial charge in [0.25, 0.3) is 0 Å². The summed E-state index contributed by atoms with van der Waals surface area (Å²) in [6.07, 6.45) is 15.8. The van der Waals surface area contributed by atoms with E-state index in [1.54, 1.807) is 24.5 Å². The largest absolute Gasteiger partial charge is 0.378 e. The molecule has 72 heavy (non-hydrogen) atoms. The molecule has 2 aromatic heterocycles. The number of aliphatic hydroxyl groups is 3. The zero-order valence-corrected chi connectivity index (χ0v) is 43.5. The molecule has 0 radical (unpaired) electrons. The average Bonchev–Trinajstić information content (AvgIpc) is 4.00. The first-order chi connectivity index (χ1) is 34.8. The van der Waals surface area contributed by atoms with Crippen molar-refractivity contribution in [2.24, 2.45) is 16.8 Å². The number of thiophene rings is 1. The minimum absolute atomic E-state index is 0.0220. The van der Waals surface area contributed by atoms with Gasteiger partial charge >= 0.3 is 0 Å². The molecule has 394 valence electrons. The summed E-state index contributed by atoms with van der Waals surface area (Å²) in [7, 11) is 1.76. The maximum absolute atomic E-state index is 14.4. The van der Waals surface area contributed by atoms with Crippen molar-refractivity contribution in [3.63, 3.8) is 0 Å². The highest BCUT2D eigenvalue weighted by Gasteiger charge is 2.41. The number of carbonyl (C=O) groups excluding carboxylic acids is 2. The highest BCUT2D eigenvalue weighted by atomic mass is 35.5. The lowest BCUT2D eigenvalue weighted by Crippen LogP contribution is -2.60. The van der Waals surface area contributed by atoms with Gasteiger partial charge in [0, 0.05) is 62.2 Å². The van der Waals surface area contributed by atoms with E-state index in [0.29, 0.717) is 83.6 Å². The van der Waals surface area contributed by atoms with Crippen LogP contribution in [0.15, 0.2) is 64.6 Å². The minimum atomic E-state index is -1.03. The quantitative estimate of drug-likeness (QED) is 0.0484. The fraction of sp³-hybridized carbons (Fsp3) is 0.627. The van der Waals surface area contributed by atoms with E-state index in [1.165, 1.54) is 17.0 Å². The molecule has 2 fully saturated rings. The Balaban J connectivity index is 0.753. The lowest BCUT2D eigenvalue weighted by molar-refractivity contribution is -0.140. The molecule has 0 spiro atoms. The van der Waals surface area contributed by atoms with E-state index < -0.39 is 30.8 Å². The first kappa shape index (κ1) is 54.1. The van der Waals surface area contributed by atoms with Crippen molar-refractivity contribution < 1.29 is 38.8 Å². The van der Waals surface area contributed by atoms with E-state index in [-0.39, 0.29) is 60.5 Å². The number of amides is 2. The number of allylic oxidation sites excluding steroid dienone is 6. The van der Waals surface area contributed by atoms with E-state index in [9.17, 15) is 29.3 Å². The van der Waals surface area contributed by atoms with Gasteiger partial charge in [0.1, 0.15) is 41.4 Å². The molecule has 21 heteroatoms. The van der Waals surface area contributed by atoms with Crippen molar-refractivity contribution in [1.82, 2.24) is 50.7 Å². The van der Waals surface area contributed by atoms with Gasteiger partial charge in [0.2, 0.25) is 11.8 Å². The standard InChI is InChI=1S/C51H73ClFN11O7S/c1-31-32(2)72-51-45(31)46(35-10-12-37(52)13-11-35)57-39(48-60-59-33(3)64(48)51)28-42(65)55-16-22-70-24-25-71-23-17-56-44(67)30-63-40-15-14-38(53)26-36(40)27-41(63)49(68)61-18-20-62(21-19-61)50(69)47(58-43(66)29-54-4)34-8-6-5-7-9-34/h10-12,14-15,26-27,34,36-37,39-40,43-44,47,49,54,56,58,66-68H,5-9,13,16-25,28-30H2,1-4H3,(H,55,65)/t36?,37?,39-,40?,43?,44?,47-,49?/m0/s1. The Morgan fingerprint density at radius 2 is 1.69 bits per heavy atom. The Morgan fingerprint density at radius 3 is 2.42 bits per heavy atom. The zero-order valence-electron chi connectivity index (χ0n) is 41.9. The van der Waals surface area contributed by atoms with Crippen LogP contribution in [-0.2, 0) is 19.1 Å². The van der Waals surface area contributed by atoms with Gasteiger partial charge in [-0.2, -0.15) is 0 Å². The van der Waals surface area contributed by atoms with Crippen LogP contribution >= 0.6 is 22.9 Å². The molecule has 6 aliphatic rings. The lowest BCUT2D eigenvalue weighted by Gasteiger charge is -2.42. The second kappa shape index (κ2) is 25.4. The van der Waals surface area contributed by atoms with Crippen LogP contribution in [0.5, 0.6) is 0 Å². The van der Waals surface area contributed by atoms with E-state index >= 15 is 0 Å². The molecule has 3 aliphatic carbocycles. The van der Waals surface area contributed by atoms with Crippen LogP contribution in [0.2, 0.25) is 0 Å². The Hall–Kier alpha value is -4.19. The molecule has 5 heterocycles. The third-order valence-electron chi connectivity index (χ3n) is 14.5. The molecule has 7 N–H and O–H groups in total. The number of hydrogen-bond donors (Lipinski definition) is 7. The van der Waals surface area contributed by atoms with Crippen molar-refractivity contribution in [3.8, 4) is 5.00 Å². The second-order valence-corrected chi connectivity index (χ2v) is 21.3. The maximum Gasteiger partial charge on any atom is 0.240 e. The molecule has 1 saturated carbocycles. The number of ether oxygens (including phenoxy) is 2. The zero-order chi connectivity index (χ0) is 50.9. The first-order valence-electron chi connectivity index (χ1n) is 25.6. The van der Waals surface area contributed by atoms with Crippen molar-refractivity contribution in [3.05, 3.63) is 87.3 Å². The summed E-state index contributed by atoms with van der Waals surface area (Å²) in [5.41, 5.74) is 4.55. The number of nitrogens with one attached hydrogen (secondary N) is 4. The Bertz CT molecular complexity index is 2390. The van der Waals surface area contributed by atoms with Crippen LogP contribution in [-0.4, -0.2) is 184 Å². The van der Waals surface area contributed by atoms with Crippen LogP contribution < -0.4 is 21.3 Å². The molecule has 2 amide bonds. The molecule has 8 atom stereocenters. The molecule has 3 aliphatic heterocycles. The van der Waals surface area contributed by atoms with Crippen molar-refractivity contribution in [1.29, 1.82) is 0 Å². The lowest BCUT2D eigenvalue weighted by atomic mass is 9.83. The van der Waals surface area contributed by atoms with Crippen molar-refractivity contribution in [2.45, 2.75) is 108 Å². The summed E-state index contributed by atoms with van der Waals surface area (Å²) in [5, 5.41) is 55.6. The number of aryl methyl sites for hydroxylation is 2. The predicted octanol–water partition coefficient (Wildman–Crippen LogP) is 3.19. The van der Waals surface area contributed by atoms with E-state index in [4.69, 9.17) is 26.1 Å². The first-order valence-corrected chi connectivity index (χ1v) is 26.9. The summed E-state index contributed by atoms with van der Waals surface area (Å²) < 4.78 is 28.0. The van der Waals surface area contributed by atoms with Crippen LogP contribution in [0.4, 0.5) is 4.39 Å². The minimum Gasteiger partial charge on any atom is -0.378 e. The molecule has 0 bridgehead atoms. The number of piperazine rings is 1. The normalized spacial score (nSPS) is 24.1. The molecule has 1 saturated heterocycles. The second-order valence-electron chi connectivity index (χ2n) is 19.5. The highest BCUT2D eigenvalue weighted by Crippen LogP contribution is 2.41. The summed E-state index contributed by atoms with van der Waals surface area (Å²) in [4.78, 5) is 39.3. The van der Waals surface area contributed by atoms with Gasteiger partial charge in [-0.1, -0.05) is 49.6 Å². The van der Waals surface area contributed by atoms with E-state index in [2.05, 4.69) is 51.4 Å². The van der Waals surface area contributed by atoms with Crippen LogP contribution in [0.1, 0.15) is 78.6 Å². The number of aliphatic imine (C=N–C) groups is 1. The maximum atomic E-state index is 14.4. The van der Waals surface area contributed by atoms with E-state index in [0.717, 1.165) is 65.3 Å². The highest BCUT2D eigenvalue weighted by molar-refractivity contribution is 7.15. The molecular formula is C51H73ClFN11O7S. The summed E-state index contributed by atoms with van der Waals surface area (Å²) >= 11 is 8.06. The number of fused-ring (bicyclic) bond motifs is 4. The van der Waals surface area contributed by atoms with Crippen LogP contribution in [0.3, 0.4) is 0 Å². The molecule has 8 rings (SSSR count). The Kier molecular flexibility index (Phi) is 19.1. The number of β-amino-alcohol motifs (C(OH)–C–C–N with tert-alkyl or cyclic N) is 1. The molecular weight excluding hydrogens is 965 g/mol. The van der Waals surface area contributed by atoms with Gasteiger partial charge in [0.15, 0.2) is 5.82 Å². The number of likely N-dealkylation sites (N-methyl/N-ethyl adjacent to an activating group) is 1. The number of nitrogens with zero attached hydrogens (tertiary/aromatic N) is 7. The Labute approximate surface area is 431 Å². The monoisotopic (exact) mass is 1040 g/mol. The van der Waals surface area contributed by atoms with Gasteiger partial charge in [-0.25, -0.2) is 4.39 Å². The fourth-order valence-electron chi connectivity index (χ4n) is 10.6. The van der Waals surface area contributed by atoms with Crippen molar-refractivity contribution >= 4 is 40.5 Å². The Morgan fingerprint density at radius 1 is 0.944 bits per heavy atom. The van der Waals surface area contributed by atoms with Gasteiger partial charge < -0.3 is 45.2 Å². The van der Waals surface area contributed by atoms with Gasteiger partial charge in [-0.05, 0) is 76.3 Å². The molecule has 6 unspecified atom stereocenters. The fourth-order valence-corrected chi connectivity index (χ4v) is 12.0. The smallest absolute Gasteiger partial charge is 0.240 e. The average molecular weight is 1040 g/mol. The summed E-state index contributed by atoms with van der Waals surface area (Å²) in [5.74, 6) is 0.637. The SMILES string of the molecule is CNCC(O)N[C@H](C(=O)N1CCN(C(O)C2=CC3C=C(F)C=CC3N2CC(O)NCCOCCOCCNC(=O)C[C@@H]2N=C(C3=CCC(Cl)C=C3)c3c(sc(C)c3C)-n3c(C)nnc32)CC1)C1CCCCC1. The third kappa shape index (κ3) is 13.0. The van der Waals surface area contributed by atoms with Gasteiger partial charge in [0.05, 0.1) is 68.3 Å². The van der Waals surface area contributed by atoms with Crippen LogP contribution in [0, 0.1) is 32.6 Å². The number of halogens is 2. The topological polar surface area (TPSA) is 214 Å². The number of aromatic nitrogens is 3. The summed E-state index contributed by atoms with van der Waals surface area (Å²) in [6.45, 7) is 10.1. The summed E-state index contributed by atoms with van der Waals surface area (Å²) in [6, 6.07) is -1.32. The van der Waals surface area contributed by atoms with Crippen LogP contribution in [0.25, 0.3) is 5.00 Å². The third-order valence-corrected chi connectivity index (χ3v) is 16.0. The number of hydrogen-bond acceptors (Lipinski definition) is 16. The molecule has 0 aromatic carbocycles.